The van der Waals surface area contributed by atoms with Gasteiger partial charge < -0.3 is 5.32 Å². The average Bonchev–Trinajstić information content (AvgIpc) is 2.83. The number of unbranched alkanes of at least 4 members (excludes halogenated alkanes) is 20. The van der Waals surface area contributed by atoms with Gasteiger partial charge in [-0.3, -0.25) is 4.18 Å². The molecule has 0 aromatic carbocycles. The maximum Gasteiger partial charge on any atom is 0.299 e. The van der Waals surface area contributed by atoms with Crippen molar-refractivity contribution in [3.8, 4) is 0 Å². The van der Waals surface area contributed by atoms with Gasteiger partial charge in [0.1, 0.15) is 0 Å². The Labute approximate surface area is 220 Å². The van der Waals surface area contributed by atoms with E-state index in [2.05, 4.69) is 19.2 Å². The van der Waals surface area contributed by atoms with Gasteiger partial charge in [0.05, 0.1) is 6.61 Å². The molecule has 0 amide bonds. The molecule has 35 heavy (non-hydrogen) atoms. The van der Waals surface area contributed by atoms with E-state index in [-0.39, 0.29) is 13.0 Å². The summed E-state index contributed by atoms with van der Waals surface area (Å²) in [5.41, 5.74) is -1.87. The van der Waals surface area contributed by atoms with Crippen LogP contribution >= 0.6 is 0 Å². The highest BCUT2D eigenvalue weighted by molar-refractivity contribution is 7.87. The van der Waals surface area contributed by atoms with Crippen molar-refractivity contribution in [3.05, 3.63) is 0 Å². The molecule has 0 bridgehead atoms. The predicted molar refractivity (Wildman–Crippen MR) is 152 cm³/mol. The highest BCUT2D eigenvalue weighted by Crippen LogP contribution is 2.17. The first-order chi connectivity index (χ1) is 17.0. The summed E-state index contributed by atoms with van der Waals surface area (Å²) in [6, 6.07) is 0. The van der Waals surface area contributed by atoms with E-state index in [1.165, 1.54) is 103 Å². The Morgan fingerprint density at radius 1 is 0.571 bits per heavy atom. The van der Waals surface area contributed by atoms with Gasteiger partial charge in [-0.05, 0) is 33.4 Å². The summed E-state index contributed by atoms with van der Waals surface area (Å²) in [4.78, 5) is 0. The molecular formula is C29H62FNO3S. The van der Waals surface area contributed by atoms with Crippen molar-refractivity contribution in [2.45, 2.75) is 167 Å². The molecule has 0 heterocycles. The van der Waals surface area contributed by atoms with Gasteiger partial charge in [0, 0.05) is 0 Å². The van der Waals surface area contributed by atoms with Gasteiger partial charge >= 0.3 is 0 Å². The Morgan fingerprint density at radius 2 is 0.857 bits per heavy atom. The minimum absolute atomic E-state index is 0.0655. The molecule has 4 nitrogen and oxygen atoms in total. The fourth-order valence-electron chi connectivity index (χ4n) is 4.13. The number of hydrogen-bond acceptors (Lipinski definition) is 4. The highest BCUT2D eigenvalue weighted by atomic mass is 32.2. The predicted octanol–water partition coefficient (Wildman–Crippen LogP) is 9.48. The van der Waals surface area contributed by atoms with Crippen molar-refractivity contribution in [3.63, 3.8) is 0 Å². The first kappa shape index (κ1) is 37.0. The van der Waals surface area contributed by atoms with E-state index >= 15 is 0 Å². The molecule has 0 aliphatic rings. The topological polar surface area (TPSA) is 55.4 Å². The van der Waals surface area contributed by atoms with Gasteiger partial charge in [-0.15, -0.1) is 0 Å². The van der Waals surface area contributed by atoms with Gasteiger partial charge in [0.25, 0.3) is 10.1 Å². The highest BCUT2D eigenvalue weighted by Gasteiger charge is 2.25. The third-order valence-corrected chi connectivity index (χ3v) is 7.70. The first-order valence-electron chi connectivity index (χ1n) is 15.1. The fourth-order valence-corrected chi connectivity index (χ4v) is 5.08. The second-order valence-corrected chi connectivity index (χ2v) is 11.8. The third kappa shape index (κ3) is 29.9. The SMILES string of the molecule is CCCCCCCCCCCCCCCCOS(=O)(=O)C(F)CCCCCCCCCC.CNC. The normalized spacial score (nSPS) is 12.4. The van der Waals surface area contributed by atoms with Crippen molar-refractivity contribution in [2.75, 3.05) is 20.7 Å². The first-order valence-corrected chi connectivity index (χ1v) is 16.5. The monoisotopic (exact) mass is 523 g/mol. The van der Waals surface area contributed by atoms with Crippen LogP contribution < -0.4 is 5.32 Å². The van der Waals surface area contributed by atoms with Crippen LogP contribution in [0.1, 0.15) is 162 Å². The zero-order chi connectivity index (χ0) is 26.5. The molecule has 0 aromatic heterocycles. The average molecular weight is 524 g/mol. The molecule has 1 unspecified atom stereocenters. The van der Waals surface area contributed by atoms with E-state index in [0.717, 1.165) is 25.7 Å². The Bertz CT molecular complexity index is 488. The Kier molecular flexibility index (Phi) is 31.7. The van der Waals surface area contributed by atoms with Crippen molar-refractivity contribution in [1.82, 2.24) is 5.32 Å². The van der Waals surface area contributed by atoms with Gasteiger partial charge in [-0.2, -0.15) is 8.42 Å². The molecule has 0 radical (unpaired) electrons. The van der Waals surface area contributed by atoms with Crippen molar-refractivity contribution < 1.29 is 17.0 Å². The summed E-state index contributed by atoms with van der Waals surface area (Å²) in [5.74, 6) is 0. The van der Waals surface area contributed by atoms with Crippen LogP contribution in [0.2, 0.25) is 0 Å². The largest absolute Gasteiger partial charge is 0.323 e. The maximum atomic E-state index is 14.0. The number of alkyl halides is 1. The van der Waals surface area contributed by atoms with Gasteiger partial charge in [-0.1, -0.05) is 142 Å². The molecule has 214 valence electrons. The van der Waals surface area contributed by atoms with Crippen LogP contribution in [0.4, 0.5) is 4.39 Å². The lowest BCUT2D eigenvalue weighted by atomic mass is 10.0. The van der Waals surface area contributed by atoms with Crippen LogP contribution in [0, 0.1) is 0 Å². The number of hydrogen-bond donors (Lipinski definition) is 1. The Balaban J connectivity index is 0. The summed E-state index contributed by atoms with van der Waals surface area (Å²) in [7, 11) is -0.300. The zero-order valence-corrected chi connectivity index (χ0v) is 24.9. The molecule has 1 N–H and O–H groups in total. The fraction of sp³-hybridized carbons (Fsp3) is 1.00. The van der Waals surface area contributed by atoms with Crippen molar-refractivity contribution in [2.24, 2.45) is 0 Å². The standard InChI is InChI=1S/C27H55FO3S.C2H7N/c1-3-5-7-9-11-13-14-15-16-17-18-20-22-24-26-31-32(29,30)27(28)25-23-21-19-12-10-8-6-4-2;1-3-2/h27H,3-26H2,1-2H3;3H,1-2H3. The molecule has 6 heteroatoms. The number of halogens is 1. The molecule has 0 rings (SSSR count). The minimum Gasteiger partial charge on any atom is -0.323 e. The second-order valence-electron chi connectivity index (χ2n) is 10.1. The summed E-state index contributed by atoms with van der Waals surface area (Å²) in [6.07, 6.45) is 26.3. The quantitative estimate of drug-likeness (QED) is 0.0906. The minimum atomic E-state index is -4.05. The molecule has 0 aliphatic carbocycles. The number of nitrogens with one attached hydrogen (secondary N) is 1. The van der Waals surface area contributed by atoms with E-state index in [1.54, 1.807) is 0 Å². The smallest absolute Gasteiger partial charge is 0.299 e. The molecule has 0 aliphatic heterocycles. The van der Waals surface area contributed by atoms with Crippen LogP contribution in [0.25, 0.3) is 0 Å². The van der Waals surface area contributed by atoms with Gasteiger partial charge in [0.2, 0.25) is 5.50 Å². The van der Waals surface area contributed by atoms with Crippen LogP contribution in [0.5, 0.6) is 0 Å². The van der Waals surface area contributed by atoms with Crippen molar-refractivity contribution in [1.29, 1.82) is 0 Å². The van der Waals surface area contributed by atoms with Crippen LogP contribution in [0.3, 0.4) is 0 Å². The summed E-state index contributed by atoms with van der Waals surface area (Å²) >= 11 is 0. The molecule has 1 atom stereocenters. The molecule has 0 saturated carbocycles. The van der Waals surface area contributed by atoms with E-state index in [1.807, 2.05) is 14.1 Å². The lowest BCUT2D eigenvalue weighted by Crippen LogP contribution is -2.19. The van der Waals surface area contributed by atoms with Crippen LogP contribution in [-0.2, 0) is 14.3 Å². The van der Waals surface area contributed by atoms with E-state index < -0.39 is 15.6 Å². The van der Waals surface area contributed by atoms with Crippen LogP contribution in [-0.4, -0.2) is 34.6 Å². The van der Waals surface area contributed by atoms with E-state index in [9.17, 15) is 12.8 Å². The third-order valence-electron chi connectivity index (χ3n) is 6.34. The van der Waals surface area contributed by atoms with Crippen molar-refractivity contribution >= 4 is 10.1 Å². The van der Waals surface area contributed by atoms with Crippen LogP contribution in [0.15, 0.2) is 0 Å². The molecule has 0 saturated heterocycles. The molecular weight excluding hydrogens is 461 g/mol. The van der Waals surface area contributed by atoms with E-state index in [0.29, 0.717) is 12.8 Å². The molecule has 0 fully saturated rings. The molecule has 0 spiro atoms. The van der Waals surface area contributed by atoms with Gasteiger partial charge in [-0.25, -0.2) is 4.39 Å². The van der Waals surface area contributed by atoms with E-state index in [4.69, 9.17) is 4.18 Å². The Hall–Kier alpha value is -0.200. The summed E-state index contributed by atoms with van der Waals surface area (Å²) in [5, 5.41) is 2.75. The Morgan fingerprint density at radius 3 is 1.20 bits per heavy atom. The lowest BCUT2D eigenvalue weighted by Gasteiger charge is -2.10. The summed E-state index contributed by atoms with van der Waals surface area (Å²) < 4.78 is 42.8. The second kappa shape index (κ2) is 30.0. The summed E-state index contributed by atoms with van der Waals surface area (Å²) in [6.45, 7) is 4.58. The number of rotatable bonds is 26. The van der Waals surface area contributed by atoms with Gasteiger partial charge in [0.15, 0.2) is 0 Å². The lowest BCUT2D eigenvalue weighted by molar-refractivity contribution is 0.270. The maximum absolute atomic E-state index is 14.0. The zero-order valence-electron chi connectivity index (χ0n) is 24.1. The molecule has 0 aromatic rings.